The number of anilines is 2. The van der Waals surface area contributed by atoms with E-state index in [1.165, 1.54) is 40.5 Å². The topological polar surface area (TPSA) is 105 Å². The molecule has 0 aliphatic carbocycles. The molecule has 4 aliphatic heterocycles. The summed E-state index contributed by atoms with van der Waals surface area (Å²) in [6, 6.07) is 21.7. The molecule has 0 radical (unpaired) electrons. The average Bonchev–Trinajstić information content (AvgIpc) is 4.16. The van der Waals surface area contributed by atoms with E-state index in [9.17, 15) is 9.59 Å². The number of amides is 2. The van der Waals surface area contributed by atoms with Gasteiger partial charge in [-0.3, -0.25) is 9.59 Å². The average molecular weight is 885 g/mol. The lowest BCUT2D eigenvalue weighted by molar-refractivity contribution is -0.136. The Morgan fingerprint density at radius 2 is 1.14 bits per heavy atom. The van der Waals surface area contributed by atoms with Crippen molar-refractivity contribution in [3.8, 4) is 22.3 Å². The normalized spacial score (nSPS) is 20.3. The van der Waals surface area contributed by atoms with Crippen molar-refractivity contribution in [1.82, 2.24) is 39.5 Å². The van der Waals surface area contributed by atoms with Crippen LogP contribution in [-0.4, -0.2) is 143 Å². The van der Waals surface area contributed by atoms with Crippen molar-refractivity contribution in [1.29, 1.82) is 0 Å². The number of likely N-dealkylation sites (tertiary alicyclic amines) is 2. The molecule has 4 fully saturated rings. The van der Waals surface area contributed by atoms with Crippen LogP contribution in [0.1, 0.15) is 45.4 Å². The van der Waals surface area contributed by atoms with Gasteiger partial charge in [0, 0.05) is 113 Å². The molecule has 0 bridgehead atoms. The molecule has 14 heteroatoms. The molecule has 2 aromatic carbocycles. The third-order valence-corrected chi connectivity index (χ3v) is 15.8. The number of carbonyl (C=O) groups is 2. The van der Waals surface area contributed by atoms with Gasteiger partial charge in [-0.1, -0.05) is 60.7 Å². The van der Waals surface area contributed by atoms with Crippen LogP contribution in [-0.2, 0) is 9.59 Å². The van der Waals surface area contributed by atoms with Gasteiger partial charge in [0.1, 0.15) is 34.0 Å². The zero-order valence-electron chi connectivity index (χ0n) is 37.1. The Hall–Kier alpha value is -5.02. The summed E-state index contributed by atoms with van der Waals surface area (Å²) in [6.07, 6.45) is 9.67. The molecule has 4 aliphatic rings. The van der Waals surface area contributed by atoms with Crippen LogP contribution in [0.4, 0.5) is 11.6 Å². The summed E-state index contributed by atoms with van der Waals surface area (Å²) in [6.45, 7) is 10.8. The van der Waals surface area contributed by atoms with E-state index in [0.717, 1.165) is 111 Å². The Kier molecular flexibility index (Phi) is 13.3. The largest absolute Gasteiger partial charge is 0.356 e. The first-order valence-corrected chi connectivity index (χ1v) is 24.4. The lowest BCUT2D eigenvalue weighted by atomic mass is 9.94. The third-order valence-electron chi connectivity index (χ3n) is 14.0. The minimum absolute atomic E-state index is 0.112. The van der Waals surface area contributed by atoms with Crippen molar-refractivity contribution < 1.29 is 9.59 Å². The highest BCUT2D eigenvalue weighted by atomic mass is 32.1. The van der Waals surface area contributed by atoms with Crippen molar-refractivity contribution in [3.05, 3.63) is 84.1 Å². The van der Waals surface area contributed by atoms with Crippen molar-refractivity contribution in [3.63, 3.8) is 0 Å². The molecule has 63 heavy (non-hydrogen) atoms. The summed E-state index contributed by atoms with van der Waals surface area (Å²) >= 11 is 3.37. The minimum atomic E-state index is 0.112. The van der Waals surface area contributed by atoms with E-state index in [1.807, 2.05) is 30.0 Å². The van der Waals surface area contributed by atoms with Crippen LogP contribution in [0.25, 0.3) is 42.7 Å². The number of benzene rings is 2. The summed E-state index contributed by atoms with van der Waals surface area (Å²) in [5.41, 5.74) is 4.85. The maximum atomic E-state index is 13.1. The first-order chi connectivity index (χ1) is 30.7. The van der Waals surface area contributed by atoms with Gasteiger partial charge in [-0.25, -0.2) is 19.9 Å². The van der Waals surface area contributed by atoms with Crippen LogP contribution in [0.2, 0.25) is 0 Å². The quantitative estimate of drug-likeness (QED) is 0.143. The van der Waals surface area contributed by atoms with Crippen LogP contribution in [0.5, 0.6) is 0 Å². The number of rotatable bonds is 9. The standard InChI is InChI=1S/C25H31N5OS.C24H29N5OS/c1-18(31)28(2)21-10-11-29(15-21)14-19-8-12-30(13-9-19)24-23-22(20-6-4-3-5-7-20)16-32-25(23)27-17-26-24;1-27-11-10-19(14-27)28(2)24(30)18-8-12-29(13-9-18)22-21-20(17-6-4-3-5-7-17)15-31-23(21)26-16-25-22/h3-7,16-17,19,21H,8-15H2,1-2H3;3-7,15-16,18-19H,8-14H2,1-2H3. The van der Waals surface area contributed by atoms with Crippen molar-refractivity contribution in [2.45, 2.75) is 57.5 Å². The molecule has 0 spiro atoms. The molecule has 4 aromatic heterocycles. The monoisotopic (exact) mass is 884 g/mol. The van der Waals surface area contributed by atoms with Gasteiger partial charge >= 0.3 is 0 Å². The number of hydrogen-bond acceptors (Lipinski definition) is 12. The van der Waals surface area contributed by atoms with Crippen LogP contribution < -0.4 is 9.80 Å². The van der Waals surface area contributed by atoms with Crippen LogP contribution in [0.3, 0.4) is 0 Å². The smallest absolute Gasteiger partial charge is 0.225 e. The fourth-order valence-electron chi connectivity index (χ4n) is 10.1. The van der Waals surface area contributed by atoms with E-state index in [-0.39, 0.29) is 11.8 Å². The van der Waals surface area contributed by atoms with E-state index in [0.29, 0.717) is 23.9 Å². The predicted molar refractivity (Wildman–Crippen MR) is 258 cm³/mol. The van der Waals surface area contributed by atoms with Crippen LogP contribution >= 0.6 is 22.7 Å². The highest BCUT2D eigenvalue weighted by molar-refractivity contribution is 7.17. The van der Waals surface area contributed by atoms with E-state index < -0.39 is 0 Å². The molecule has 330 valence electrons. The first kappa shape index (κ1) is 43.2. The van der Waals surface area contributed by atoms with E-state index in [1.54, 1.807) is 42.3 Å². The molecule has 2 atom stereocenters. The summed E-state index contributed by atoms with van der Waals surface area (Å²) < 4.78 is 0. The first-order valence-electron chi connectivity index (χ1n) is 22.7. The Morgan fingerprint density at radius 3 is 1.65 bits per heavy atom. The van der Waals surface area contributed by atoms with Gasteiger partial charge in [-0.05, 0) is 69.2 Å². The lowest BCUT2D eigenvalue weighted by Crippen LogP contribution is -2.45. The molecular weight excluding hydrogens is 825 g/mol. The Labute approximate surface area is 379 Å². The number of hydrogen-bond donors (Lipinski definition) is 0. The van der Waals surface area contributed by atoms with E-state index >= 15 is 0 Å². The van der Waals surface area contributed by atoms with Crippen LogP contribution in [0, 0.1) is 11.8 Å². The van der Waals surface area contributed by atoms with Gasteiger partial charge in [0.25, 0.3) is 0 Å². The molecule has 8 heterocycles. The fraction of sp³-hybridized carbons (Fsp3) is 0.469. The number of fused-ring (bicyclic) bond motifs is 2. The maximum absolute atomic E-state index is 13.1. The number of carbonyl (C=O) groups excluding carboxylic acids is 2. The number of piperidine rings is 2. The summed E-state index contributed by atoms with van der Waals surface area (Å²) in [5, 5.41) is 6.72. The third kappa shape index (κ3) is 9.45. The van der Waals surface area contributed by atoms with Crippen molar-refractivity contribution >= 4 is 66.6 Å². The molecule has 10 rings (SSSR count). The molecular formula is C49H60N10O2S2. The fourth-order valence-corrected chi connectivity index (χ4v) is 12.0. The molecule has 0 N–H and O–H groups in total. The van der Waals surface area contributed by atoms with E-state index in [4.69, 9.17) is 4.98 Å². The molecule has 4 saturated heterocycles. The minimum Gasteiger partial charge on any atom is -0.356 e. The molecule has 12 nitrogen and oxygen atoms in total. The van der Waals surface area contributed by atoms with Gasteiger partial charge < -0.3 is 29.4 Å². The highest BCUT2D eigenvalue weighted by Crippen LogP contribution is 2.40. The summed E-state index contributed by atoms with van der Waals surface area (Å²) in [4.78, 5) is 58.9. The molecule has 2 amide bonds. The Balaban J connectivity index is 0.000000160. The number of likely N-dealkylation sites (N-methyl/N-ethyl adjacent to an activating group) is 3. The van der Waals surface area contributed by atoms with Gasteiger partial charge in [0.05, 0.1) is 10.8 Å². The Bertz CT molecular complexity index is 2480. The second kappa shape index (κ2) is 19.4. The maximum Gasteiger partial charge on any atom is 0.225 e. The second-order valence-electron chi connectivity index (χ2n) is 18.0. The van der Waals surface area contributed by atoms with Crippen LogP contribution in [0.15, 0.2) is 84.1 Å². The SMILES string of the molecule is CC(=O)N(C)C1CCN(CC2CCN(c3ncnc4scc(-c5ccccc5)c34)CC2)C1.CN1CCC(N(C)C(=O)C2CCN(c3ncnc4scc(-c5ccccc5)c34)CC2)C1. The lowest BCUT2D eigenvalue weighted by Gasteiger charge is -2.35. The van der Waals surface area contributed by atoms with E-state index in [2.05, 4.69) is 107 Å². The zero-order chi connectivity index (χ0) is 43.5. The molecule has 6 aromatic rings. The summed E-state index contributed by atoms with van der Waals surface area (Å²) in [5.74, 6) is 3.39. The molecule has 2 unspecified atom stereocenters. The van der Waals surface area contributed by atoms with Gasteiger partial charge in [-0.2, -0.15) is 0 Å². The van der Waals surface area contributed by atoms with Gasteiger partial charge in [0.2, 0.25) is 11.8 Å². The predicted octanol–water partition coefficient (Wildman–Crippen LogP) is 7.86. The number of thiophene rings is 2. The number of aromatic nitrogens is 4. The summed E-state index contributed by atoms with van der Waals surface area (Å²) in [7, 11) is 6.06. The molecule has 0 saturated carbocycles. The van der Waals surface area contributed by atoms with Gasteiger partial charge in [0.15, 0.2) is 0 Å². The second-order valence-corrected chi connectivity index (χ2v) is 19.7. The van der Waals surface area contributed by atoms with Crippen molar-refractivity contribution in [2.75, 3.05) is 89.8 Å². The van der Waals surface area contributed by atoms with Crippen molar-refractivity contribution in [2.24, 2.45) is 11.8 Å². The highest BCUT2D eigenvalue weighted by Gasteiger charge is 2.34. The zero-order valence-corrected chi connectivity index (χ0v) is 38.7. The Morgan fingerprint density at radius 1 is 0.635 bits per heavy atom. The van der Waals surface area contributed by atoms with Gasteiger partial charge in [-0.15, -0.1) is 22.7 Å². The number of nitrogens with zero attached hydrogens (tertiary/aromatic N) is 10.